The zero-order chi connectivity index (χ0) is 8.81. The Hall–Kier alpha value is -0.370. The lowest BCUT2D eigenvalue weighted by Gasteiger charge is -2.20. The van der Waals surface area contributed by atoms with Crippen molar-refractivity contribution >= 4 is 5.78 Å². The van der Waals surface area contributed by atoms with Gasteiger partial charge in [-0.2, -0.15) is 0 Å². The molecule has 1 N–H and O–H groups in total. The van der Waals surface area contributed by atoms with E-state index in [4.69, 9.17) is 0 Å². The van der Waals surface area contributed by atoms with Crippen LogP contribution in [0.4, 0.5) is 0 Å². The van der Waals surface area contributed by atoms with E-state index in [1.807, 2.05) is 6.92 Å². The summed E-state index contributed by atoms with van der Waals surface area (Å²) in [5.41, 5.74) is 0. The third-order valence-corrected chi connectivity index (χ3v) is 2.61. The normalized spacial score (nSPS) is 19.4. The van der Waals surface area contributed by atoms with Crippen molar-refractivity contribution in [2.75, 3.05) is 13.1 Å². The average Bonchev–Trinajstić information content (AvgIpc) is 2.15. The number of ketones is 1. The smallest absolute Gasteiger partial charge is 0.149 e. The predicted molar refractivity (Wildman–Crippen MR) is 50.1 cm³/mol. The van der Waals surface area contributed by atoms with Gasteiger partial charge in [0.05, 0.1) is 6.54 Å². The predicted octanol–water partition coefficient (Wildman–Crippen LogP) is 1.75. The van der Waals surface area contributed by atoms with E-state index >= 15 is 0 Å². The minimum atomic E-state index is 0.373. The molecule has 0 heterocycles. The Labute approximate surface area is 74.7 Å². The van der Waals surface area contributed by atoms with E-state index in [1.54, 1.807) is 0 Å². The van der Waals surface area contributed by atoms with Crippen LogP contribution in [0.25, 0.3) is 0 Å². The summed E-state index contributed by atoms with van der Waals surface area (Å²) in [5.74, 6) is 0.800. The van der Waals surface area contributed by atoms with Crippen LogP contribution in [0.5, 0.6) is 0 Å². The van der Waals surface area contributed by atoms with Gasteiger partial charge < -0.3 is 5.32 Å². The first-order valence-electron chi connectivity index (χ1n) is 5.08. The first-order valence-corrected chi connectivity index (χ1v) is 5.08. The lowest BCUT2D eigenvalue weighted by atomic mass is 9.86. The van der Waals surface area contributed by atoms with Crippen LogP contribution >= 0.6 is 0 Å². The van der Waals surface area contributed by atoms with Crippen LogP contribution in [-0.4, -0.2) is 18.9 Å². The van der Waals surface area contributed by atoms with Crippen molar-refractivity contribution in [3.05, 3.63) is 0 Å². The van der Waals surface area contributed by atoms with Crippen LogP contribution in [0.1, 0.15) is 39.0 Å². The number of carbonyl (C=O) groups excluding carboxylic acids is 1. The molecule has 0 spiro atoms. The van der Waals surface area contributed by atoms with Crippen LogP contribution in [0.3, 0.4) is 0 Å². The summed E-state index contributed by atoms with van der Waals surface area (Å²) >= 11 is 0. The molecule has 1 saturated carbocycles. The fraction of sp³-hybridized carbons (Fsp3) is 0.900. The molecular formula is C10H19NO. The Morgan fingerprint density at radius 2 is 2.00 bits per heavy atom. The molecule has 12 heavy (non-hydrogen) atoms. The van der Waals surface area contributed by atoms with E-state index in [-0.39, 0.29) is 0 Å². The fourth-order valence-electron chi connectivity index (χ4n) is 1.82. The SMILES string of the molecule is CCNCC(=O)C1CCCCC1. The third kappa shape index (κ3) is 2.94. The molecule has 1 fully saturated rings. The first kappa shape index (κ1) is 9.72. The molecule has 1 rings (SSSR count). The van der Waals surface area contributed by atoms with Crippen molar-refractivity contribution in [1.82, 2.24) is 5.32 Å². The highest BCUT2D eigenvalue weighted by Crippen LogP contribution is 2.23. The molecule has 0 unspecified atom stereocenters. The van der Waals surface area contributed by atoms with Crippen molar-refractivity contribution in [2.45, 2.75) is 39.0 Å². The van der Waals surface area contributed by atoms with Crippen LogP contribution in [0, 0.1) is 5.92 Å². The van der Waals surface area contributed by atoms with Crippen LogP contribution < -0.4 is 5.32 Å². The summed E-state index contributed by atoms with van der Waals surface area (Å²) < 4.78 is 0. The van der Waals surface area contributed by atoms with Gasteiger partial charge in [-0.05, 0) is 19.4 Å². The van der Waals surface area contributed by atoms with Gasteiger partial charge in [0.2, 0.25) is 0 Å². The lowest BCUT2D eigenvalue weighted by molar-refractivity contribution is -0.122. The Kier molecular flexibility index (Phi) is 4.30. The Morgan fingerprint density at radius 3 is 2.58 bits per heavy atom. The molecule has 0 bridgehead atoms. The second kappa shape index (κ2) is 5.31. The van der Waals surface area contributed by atoms with E-state index in [2.05, 4.69) is 5.32 Å². The number of carbonyl (C=O) groups is 1. The number of rotatable bonds is 4. The van der Waals surface area contributed by atoms with Crippen molar-refractivity contribution < 1.29 is 4.79 Å². The van der Waals surface area contributed by atoms with E-state index in [9.17, 15) is 4.79 Å². The molecule has 0 amide bonds. The molecule has 0 aromatic rings. The zero-order valence-electron chi connectivity index (χ0n) is 7.94. The summed E-state index contributed by atoms with van der Waals surface area (Å²) in [6, 6.07) is 0. The van der Waals surface area contributed by atoms with Crippen molar-refractivity contribution in [2.24, 2.45) is 5.92 Å². The Bertz CT molecular complexity index is 139. The minimum absolute atomic E-state index is 0.373. The first-order chi connectivity index (χ1) is 5.84. The maximum absolute atomic E-state index is 11.5. The molecule has 1 aliphatic rings. The summed E-state index contributed by atoms with van der Waals surface area (Å²) in [5, 5.41) is 3.10. The molecule has 2 heteroatoms. The molecule has 1 aliphatic carbocycles. The van der Waals surface area contributed by atoms with E-state index in [1.165, 1.54) is 19.3 Å². The molecular weight excluding hydrogens is 150 g/mol. The van der Waals surface area contributed by atoms with Gasteiger partial charge in [0.1, 0.15) is 5.78 Å². The van der Waals surface area contributed by atoms with Crippen LogP contribution in [-0.2, 0) is 4.79 Å². The maximum Gasteiger partial charge on any atom is 0.149 e. The average molecular weight is 169 g/mol. The Balaban J connectivity index is 2.20. The summed E-state index contributed by atoms with van der Waals surface area (Å²) in [6.45, 7) is 3.52. The van der Waals surface area contributed by atoms with Gasteiger partial charge in [0, 0.05) is 5.92 Å². The molecule has 70 valence electrons. The van der Waals surface area contributed by atoms with Crippen LogP contribution in [0.15, 0.2) is 0 Å². The van der Waals surface area contributed by atoms with Gasteiger partial charge in [0.25, 0.3) is 0 Å². The maximum atomic E-state index is 11.5. The van der Waals surface area contributed by atoms with Gasteiger partial charge in [0.15, 0.2) is 0 Å². The number of Topliss-reactive ketones (excluding diaryl/α,β-unsaturated/α-hetero) is 1. The van der Waals surface area contributed by atoms with E-state index in [0.29, 0.717) is 18.2 Å². The summed E-state index contributed by atoms with van der Waals surface area (Å²) in [7, 11) is 0. The highest BCUT2D eigenvalue weighted by molar-refractivity contribution is 5.82. The van der Waals surface area contributed by atoms with Crippen molar-refractivity contribution in [3.63, 3.8) is 0 Å². The zero-order valence-corrected chi connectivity index (χ0v) is 7.94. The van der Waals surface area contributed by atoms with Crippen LogP contribution in [0.2, 0.25) is 0 Å². The van der Waals surface area contributed by atoms with Crippen molar-refractivity contribution in [3.8, 4) is 0 Å². The number of likely N-dealkylation sites (N-methyl/N-ethyl adjacent to an activating group) is 1. The van der Waals surface area contributed by atoms with Gasteiger partial charge >= 0.3 is 0 Å². The van der Waals surface area contributed by atoms with Gasteiger partial charge in [-0.3, -0.25) is 4.79 Å². The minimum Gasteiger partial charge on any atom is -0.310 e. The molecule has 0 aromatic carbocycles. The Morgan fingerprint density at radius 1 is 1.33 bits per heavy atom. The number of hydrogen-bond acceptors (Lipinski definition) is 2. The molecule has 0 aliphatic heterocycles. The second-order valence-electron chi connectivity index (χ2n) is 3.58. The number of nitrogens with one attached hydrogen (secondary N) is 1. The largest absolute Gasteiger partial charge is 0.310 e. The molecule has 0 atom stereocenters. The van der Waals surface area contributed by atoms with Crippen molar-refractivity contribution in [1.29, 1.82) is 0 Å². The van der Waals surface area contributed by atoms with Gasteiger partial charge in [-0.25, -0.2) is 0 Å². The molecule has 0 saturated heterocycles. The summed E-state index contributed by atoms with van der Waals surface area (Å²) in [4.78, 5) is 11.5. The monoisotopic (exact) mass is 169 g/mol. The quantitative estimate of drug-likeness (QED) is 0.694. The highest BCUT2D eigenvalue weighted by Gasteiger charge is 2.19. The molecule has 0 radical (unpaired) electrons. The highest BCUT2D eigenvalue weighted by atomic mass is 16.1. The summed E-state index contributed by atoms with van der Waals surface area (Å²) in [6.07, 6.45) is 6.09. The fourth-order valence-corrected chi connectivity index (χ4v) is 1.82. The topological polar surface area (TPSA) is 29.1 Å². The van der Waals surface area contributed by atoms with Gasteiger partial charge in [-0.15, -0.1) is 0 Å². The standard InChI is InChI=1S/C10H19NO/c1-2-11-8-10(12)9-6-4-3-5-7-9/h9,11H,2-8H2,1H3. The molecule has 2 nitrogen and oxygen atoms in total. The van der Waals surface area contributed by atoms with Gasteiger partial charge in [-0.1, -0.05) is 26.2 Å². The third-order valence-electron chi connectivity index (χ3n) is 2.61. The molecule has 0 aromatic heterocycles. The van der Waals surface area contributed by atoms with E-state index < -0.39 is 0 Å². The number of hydrogen-bond donors (Lipinski definition) is 1. The van der Waals surface area contributed by atoms with E-state index in [0.717, 1.165) is 19.4 Å². The second-order valence-corrected chi connectivity index (χ2v) is 3.58. The lowest BCUT2D eigenvalue weighted by Crippen LogP contribution is -2.29.